The molecule has 4 aromatic rings. The third-order valence-electron chi connectivity index (χ3n) is 6.89. The number of aromatic nitrogens is 1. The average molecular weight is 467 g/mol. The van der Waals surface area contributed by atoms with Gasteiger partial charge < -0.3 is 5.32 Å². The van der Waals surface area contributed by atoms with Crippen molar-refractivity contribution in [2.45, 2.75) is 43.2 Å². The molecule has 1 aliphatic carbocycles. The van der Waals surface area contributed by atoms with Crippen LogP contribution in [0.15, 0.2) is 82.6 Å². The molecule has 3 aromatic carbocycles. The minimum Gasteiger partial charge on any atom is -0.324 e. The van der Waals surface area contributed by atoms with Gasteiger partial charge in [0, 0.05) is 17.5 Å². The first-order valence-corrected chi connectivity index (χ1v) is 12.8. The molecule has 0 bridgehead atoms. The third-order valence-corrected chi connectivity index (χ3v) is 8.06. The van der Waals surface area contributed by atoms with Crippen LogP contribution in [0.2, 0.25) is 0 Å². The highest BCUT2D eigenvalue weighted by Crippen LogP contribution is 2.48. The zero-order valence-corrected chi connectivity index (χ0v) is 19.9. The lowest BCUT2D eigenvalue weighted by molar-refractivity contribution is -0.118. The van der Waals surface area contributed by atoms with Crippen molar-refractivity contribution in [1.82, 2.24) is 4.57 Å². The quantitative estimate of drug-likeness (QED) is 0.389. The molecule has 1 aliphatic heterocycles. The van der Waals surface area contributed by atoms with Crippen LogP contribution in [-0.2, 0) is 11.2 Å². The summed E-state index contributed by atoms with van der Waals surface area (Å²) in [4.78, 5) is 26.5. The van der Waals surface area contributed by atoms with Crippen LogP contribution < -0.4 is 10.9 Å². The van der Waals surface area contributed by atoms with Gasteiger partial charge in [-0.2, -0.15) is 0 Å². The Morgan fingerprint density at radius 3 is 2.56 bits per heavy atom. The molecule has 170 valence electrons. The van der Waals surface area contributed by atoms with Crippen LogP contribution in [0.25, 0.3) is 10.8 Å². The van der Waals surface area contributed by atoms with Crippen molar-refractivity contribution in [3.05, 3.63) is 105 Å². The number of rotatable bonds is 5. The van der Waals surface area contributed by atoms with E-state index in [1.807, 2.05) is 31.2 Å². The highest BCUT2D eigenvalue weighted by Gasteiger charge is 2.37. The van der Waals surface area contributed by atoms with Gasteiger partial charge in [0.1, 0.15) is 6.04 Å². The van der Waals surface area contributed by atoms with Crippen LogP contribution in [0.4, 0.5) is 5.69 Å². The van der Waals surface area contributed by atoms with E-state index in [9.17, 15) is 9.59 Å². The molecule has 34 heavy (non-hydrogen) atoms. The van der Waals surface area contributed by atoms with Gasteiger partial charge in [0.05, 0.1) is 5.03 Å². The minimum absolute atomic E-state index is 0.0799. The van der Waals surface area contributed by atoms with Gasteiger partial charge in [-0.25, -0.2) is 0 Å². The van der Waals surface area contributed by atoms with E-state index in [4.69, 9.17) is 0 Å². The molecule has 1 unspecified atom stereocenters. The number of nitrogens with zero attached hydrogens (tertiary/aromatic N) is 1. The maximum absolute atomic E-state index is 13.4. The zero-order valence-electron chi connectivity index (χ0n) is 19.1. The van der Waals surface area contributed by atoms with Crippen molar-refractivity contribution in [1.29, 1.82) is 0 Å². The molecule has 0 radical (unpaired) electrons. The third kappa shape index (κ3) is 3.84. The van der Waals surface area contributed by atoms with Crippen LogP contribution in [0.3, 0.4) is 0 Å². The molecule has 5 heteroatoms. The fraction of sp³-hybridized carbons (Fsp3) is 0.241. The molecule has 1 fully saturated rings. The molecule has 1 N–H and O–H groups in total. The summed E-state index contributed by atoms with van der Waals surface area (Å²) in [6, 6.07) is 23.9. The van der Waals surface area contributed by atoms with Crippen LogP contribution >= 0.6 is 11.8 Å². The molecule has 2 heterocycles. The van der Waals surface area contributed by atoms with Crippen molar-refractivity contribution < 1.29 is 4.79 Å². The van der Waals surface area contributed by atoms with E-state index in [2.05, 4.69) is 47.8 Å². The second-order valence-electron chi connectivity index (χ2n) is 9.37. The molecule has 1 atom stereocenters. The second kappa shape index (κ2) is 8.48. The van der Waals surface area contributed by atoms with Gasteiger partial charge >= 0.3 is 0 Å². The fourth-order valence-corrected chi connectivity index (χ4v) is 6.43. The minimum atomic E-state index is -0.488. The Balaban J connectivity index is 1.37. The number of thioether (sulfide) groups is 1. The molecule has 6 rings (SSSR count). The summed E-state index contributed by atoms with van der Waals surface area (Å²) in [5.41, 5.74) is 5.45. The van der Waals surface area contributed by atoms with Gasteiger partial charge in [-0.3, -0.25) is 14.2 Å². The van der Waals surface area contributed by atoms with Gasteiger partial charge in [0.2, 0.25) is 5.91 Å². The first-order chi connectivity index (χ1) is 16.6. The number of nitrogens with one attached hydrogen (secondary N) is 1. The molecule has 1 amide bonds. The fourth-order valence-electron chi connectivity index (χ4n) is 5.00. The Bertz CT molecular complexity index is 1460. The van der Waals surface area contributed by atoms with Crippen LogP contribution in [0.5, 0.6) is 0 Å². The number of fused-ring (bicyclic) bond motifs is 2. The number of anilines is 1. The van der Waals surface area contributed by atoms with Gasteiger partial charge in [0.25, 0.3) is 5.56 Å². The summed E-state index contributed by atoms with van der Waals surface area (Å²) in [7, 11) is 0. The van der Waals surface area contributed by atoms with E-state index in [-0.39, 0.29) is 11.5 Å². The molecular weight excluding hydrogens is 440 g/mol. The summed E-state index contributed by atoms with van der Waals surface area (Å²) in [6.45, 7) is 2.02. The number of hydrogen-bond donors (Lipinski definition) is 1. The van der Waals surface area contributed by atoms with E-state index >= 15 is 0 Å². The zero-order chi connectivity index (χ0) is 23.2. The Hall–Kier alpha value is -3.31. The normalized spacial score (nSPS) is 17.0. The lowest BCUT2D eigenvalue weighted by atomic mass is 9.95. The van der Waals surface area contributed by atoms with Crippen LogP contribution in [0, 0.1) is 6.92 Å². The number of benzene rings is 3. The molecule has 2 aliphatic rings. The number of carbonyl (C=O) groups excluding carboxylic acids is 1. The SMILES string of the molecule is Cc1ccc(NC(=O)C2CSc3c(C4CC4)c(Cc4cccc5ccccc45)cc(=O)n32)cc1. The maximum Gasteiger partial charge on any atom is 0.252 e. The summed E-state index contributed by atoms with van der Waals surface area (Å²) >= 11 is 1.66. The Morgan fingerprint density at radius 1 is 1.00 bits per heavy atom. The van der Waals surface area contributed by atoms with Gasteiger partial charge in [-0.1, -0.05) is 60.2 Å². The van der Waals surface area contributed by atoms with Crippen LogP contribution in [-0.4, -0.2) is 16.2 Å². The number of pyridine rings is 1. The molecule has 1 aromatic heterocycles. The molecule has 0 saturated heterocycles. The number of amides is 1. The lowest BCUT2D eigenvalue weighted by Crippen LogP contribution is -2.33. The topological polar surface area (TPSA) is 51.1 Å². The standard InChI is InChI=1S/C29H26N2O2S/c1-18-9-13-23(14-10-18)30-28(33)25-17-34-29-27(20-11-12-20)22(16-26(32)31(25)29)15-21-7-4-6-19-5-2-3-8-24(19)21/h2-10,13-14,16,20,25H,11-12,15,17H2,1H3,(H,30,33). The predicted molar refractivity (Wildman–Crippen MR) is 139 cm³/mol. The first kappa shape index (κ1) is 21.2. The molecule has 1 saturated carbocycles. The molecular formula is C29H26N2O2S. The molecule has 4 nitrogen and oxygen atoms in total. The summed E-state index contributed by atoms with van der Waals surface area (Å²) < 4.78 is 1.74. The maximum atomic E-state index is 13.4. The van der Waals surface area contributed by atoms with Gasteiger partial charge in [-0.05, 0) is 71.7 Å². The summed E-state index contributed by atoms with van der Waals surface area (Å²) in [5.74, 6) is 0.948. The highest BCUT2D eigenvalue weighted by atomic mass is 32.2. The second-order valence-corrected chi connectivity index (χ2v) is 10.4. The average Bonchev–Trinajstić information content (AvgIpc) is 3.57. The Labute approximate surface area is 203 Å². The Kier molecular flexibility index (Phi) is 5.30. The summed E-state index contributed by atoms with van der Waals surface area (Å²) in [6.07, 6.45) is 3.03. The smallest absolute Gasteiger partial charge is 0.252 e. The first-order valence-electron chi connectivity index (χ1n) is 11.8. The van der Waals surface area contributed by atoms with Crippen molar-refractivity contribution >= 4 is 34.1 Å². The van der Waals surface area contributed by atoms with E-state index in [0.29, 0.717) is 11.7 Å². The van der Waals surface area contributed by atoms with E-state index in [0.717, 1.165) is 41.1 Å². The van der Waals surface area contributed by atoms with Crippen molar-refractivity contribution in [2.24, 2.45) is 0 Å². The van der Waals surface area contributed by atoms with Crippen LogP contribution in [0.1, 0.15) is 47.1 Å². The van der Waals surface area contributed by atoms with Crippen molar-refractivity contribution in [2.75, 3.05) is 11.1 Å². The van der Waals surface area contributed by atoms with Crippen molar-refractivity contribution in [3.8, 4) is 0 Å². The largest absolute Gasteiger partial charge is 0.324 e. The predicted octanol–water partition coefficient (Wildman–Crippen LogP) is 6.06. The number of carbonyl (C=O) groups is 1. The monoisotopic (exact) mass is 466 g/mol. The van der Waals surface area contributed by atoms with Gasteiger partial charge in [-0.15, -0.1) is 11.8 Å². The lowest BCUT2D eigenvalue weighted by Gasteiger charge is -2.18. The number of aryl methyl sites for hydroxylation is 1. The number of hydrogen-bond acceptors (Lipinski definition) is 3. The van der Waals surface area contributed by atoms with Gasteiger partial charge in [0.15, 0.2) is 0 Å². The highest BCUT2D eigenvalue weighted by molar-refractivity contribution is 7.99. The van der Waals surface area contributed by atoms with E-state index < -0.39 is 6.04 Å². The van der Waals surface area contributed by atoms with Crippen molar-refractivity contribution in [3.63, 3.8) is 0 Å². The van der Waals surface area contributed by atoms with E-state index in [1.54, 1.807) is 22.4 Å². The Morgan fingerprint density at radius 2 is 1.76 bits per heavy atom. The van der Waals surface area contributed by atoms with E-state index in [1.165, 1.54) is 21.9 Å². The summed E-state index contributed by atoms with van der Waals surface area (Å²) in [5, 5.41) is 6.45. The molecule has 0 spiro atoms.